The third kappa shape index (κ3) is 2.63. The van der Waals surface area contributed by atoms with E-state index in [-0.39, 0.29) is 5.54 Å². The van der Waals surface area contributed by atoms with Gasteiger partial charge in [0.15, 0.2) is 0 Å². The summed E-state index contributed by atoms with van der Waals surface area (Å²) in [6, 6.07) is 7.31. The fourth-order valence-corrected chi connectivity index (χ4v) is 2.80. The Balaban J connectivity index is 2.17. The first-order valence-electron chi connectivity index (χ1n) is 6.44. The zero-order valence-electron chi connectivity index (χ0n) is 11.7. The van der Waals surface area contributed by atoms with Crippen molar-refractivity contribution in [3.63, 3.8) is 0 Å². The molecule has 94 valence electrons. The third-order valence-electron chi connectivity index (χ3n) is 3.84. The van der Waals surface area contributed by atoms with Gasteiger partial charge in [-0.2, -0.15) is 0 Å². The van der Waals surface area contributed by atoms with Crippen LogP contribution in [0.1, 0.15) is 31.4 Å². The molecule has 1 saturated heterocycles. The number of benzene rings is 1. The number of anilines is 1. The van der Waals surface area contributed by atoms with E-state index in [9.17, 15) is 0 Å². The van der Waals surface area contributed by atoms with Crippen LogP contribution in [0.25, 0.3) is 0 Å². The maximum atomic E-state index is 3.59. The summed E-state index contributed by atoms with van der Waals surface area (Å²) in [5.41, 5.74) is 4.35. The number of hydrogen-bond acceptors (Lipinski definition) is 2. The predicted molar refractivity (Wildman–Crippen MR) is 74.8 cm³/mol. The highest BCUT2D eigenvalue weighted by Gasteiger charge is 2.32. The number of rotatable bonds is 2. The molecule has 2 heteroatoms. The minimum Gasteiger partial charge on any atom is -0.370 e. The Morgan fingerprint density at radius 1 is 1.29 bits per heavy atom. The lowest BCUT2D eigenvalue weighted by Crippen LogP contribution is -2.33. The van der Waals surface area contributed by atoms with Gasteiger partial charge in [-0.05, 0) is 45.7 Å². The van der Waals surface area contributed by atoms with Crippen LogP contribution in [-0.4, -0.2) is 25.2 Å². The molecule has 1 atom stereocenters. The molecule has 1 aromatic rings. The monoisotopic (exact) mass is 232 g/mol. The van der Waals surface area contributed by atoms with Gasteiger partial charge in [-0.1, -0.05) is 17.7 Å². The normalized spacial score (nSPS) is 22.8. The van der Waals surface area contributed by atoms with E-state index in [1.54, 1.807) is 0 Å². The number of hydrogen-bond donors (Lipinski definition) is 1. The van der Waals surface area contributed by atoms with Crippen LogP contribution >= 0.6 is 0 Å². The Labute approximate surface area is 105 Å². The van der Waals surface area contributed by atoms with Gasteiger partial charge in [-0.15, -0.1) is 0 Å². The lowest BCUT2D eigenvalue weighted by atomic mass is 10.00. The maximum absolute atomic E-state index is 3.59. The van der Waals surface area contributed by atoms with Gasteiger partial charge in [0.2, 0.25) is 0 Å². The highest BCUT2D eigenvalue weighted by Crippen LogP contribution is 2.27. The second-order valence-corrected chi connectivity index (χ2v) is 6.02. The van der Waals surface area contributed by atoms with E-state index in [2.05, 4.69) is 63.2 Å². The Morgan fingerprint density at radius 2 is 2.00 bits per heavy atom. The average molecular weight is 232 g/mol. The van der Waals surface area contributed by atoms with Crippen molar-refractivity contribution in [2.24, 2.45) is 0 Å². The molecule has 1 aliphatic rings. The van der Waals surface area contributed by atoms with Crippen LogP contribution in [0, 0.1) is 13.8 Å². The molecule has 0 saturated carbocycles. The van der Waals surface area contributed by atoms with Crippen molar-refractivity contribution < 1.29 is 0 Å². The largest absolute Gasteiger partial charge is 0.370 e. The molecular weight excluding hydrogens is 208 g/mol. The number of likely N-dealkylation sites (N-methyl/N-ethyl adjacent to an activating group) is 1. The van der Waals surface area contributed by atoms with Crippen molar-refractivity contribution in [2.45, 2.75) is 45.7 Å². The maximum Gasteiger partial charge on any atom is 0.0428 e. The van der Waals surface area contributed by atoms with Crippen LogP contribution in [0.4, 0.5) is 5.69 Å². The second kappa shape index (κ2) is 4.34. The summed E-state index contributed by atoms with van der Waals surface area (Å²) in [4.78, 5) is 2.43. The van der Waals surface area contributed by atoms with Gasteiger partial charge in [0.05, 0.1) is 0 Å². The molecule has 1 aliphatic heterocycles. The van der Waals surface area contributed by atoms with Crippen LogP contribution < -0.4 is 10.2 Å². The predicted octanol–water partition coefficient (Wildman–Crippen LogP) is 2.88. The van der Waals surface area contributed by atoms with Crippen LogP contribution in [0.3, 0.4) is 0 Å². The molecule has 0 aliphatic carbocycles. The zero-order chi connectivity index (χ0) is 12.6. The van der Waals surface area contributed by atoms with Gasteiger partial charge < -0.3 is 10.2 Å². The number of nitrogens with one attached hydrogen (secondary N) is 1. The van der Waals surface area contributed by atoms with Crippen molar-refractivity contribution in [1.82, 2.24) is 5.32 Å². The molecule has 1 aromatic carbocycles. The summed E-state index contributed by atoms with van der Waals surface area (Å²) < 4.78 is 0. The summed E-state index contributed by atoms with van der Waals surface area (Å²) in [6.45, 7) is 9.99. The van der Waals surface area contributed by atoms with Crippen LogP contribution in [-0.2, 0) is 0 Å². The molecule has 0 amide bonds. The topological polar surface area (TPSA) is 15.3 Å². The molecular formula is C15H24N2. The third-order valence-corrected chi connectivity index (χ3v) is 3.84. The molecule has 17 heavy (non-hydrogen) atoms. The van der Waals surface area contributed by atoms with E-state index in [1.165, 1.54) is 23.2 Å². The van der Waals surface area contributed by atoms with Crippen molar-refractivity contribution in [3.8, 4) is 0 Å². The Kier molecular flexibility index (Phi) is 3.17. The SMILES string of the molecule is Cc1ccc(N(C)C2CNC(C)(C)C2)c(C)c1. The summed E-state index contributed by atoms with van der Waals surface area (Å²) in [7, 11) is 2.21. The minimum absolute atomic E-state index is 0.275. The quantitative estimate of drug-likeness (QED) is 0.843. The molecule has 2 nitrogen and oxygen atoms in total. The van der Waals surface area contributed by atoms with Crippen molar-refractivity contribution in [1.29, 1.82) is 0 Å². The fourth-order valence-electron chi connectivity index (χ4n) is 2.80. The van der Waals surface area contributed by atoms with Gasteiger partial charge in [-0.3, -0.25) is 0 Å². The fraction of sp³-hybridized carbons (Fsp3) is 0.600. The van der Waals surface area contributed by atoms with E-state index >= 15 is 0 Å². The van der Waals surface area contributed by atoms with Gasteiger partial charge in [0, 0.05) is 30.9 Å². The molecule has 2 rings (SSSR count). The highest BCUT2D eigenvalue weighted by molar-refractivity contribution is 5.54. The van der Waals surface area contributed by atoms with Gasteiger partial charge in [0.1, 0.15) is 0 Å². The molecule has 1 heterocycles. The molecule has 0 radical (unpaired) electrons. The summed E-state index contributed by atoms with van der Waals surface area (Å²) in [6.07, 6.45) is 1.21. The Bertz CT molecular complexity index is 409. The van der Waals surface area contributed by atoms with Gasteiger partial charge >= 0.3 is 0 Å². The highest BCUT2D eigenvalue weighted by atomic mass is 15.2. The van der Waals surface area contributed by atoms with Gasteiger partial charge in [0.25, 0.3) is 0 Å². The first-order valence-corrected chi connectivity index (χ1v) is 6.44. The Hall–Kier alpha value is -1.02. The van der Waals surface area contributed by atoms with Crippen LogP contribution in [0.15, 0.2) is 18.2 Å². The average Bonchev–Trinajstić information content (AvgIpc) is 2.58. The van der Waals surface area contributed by atoms with Crippen LogP contribution in [0.2, 0.25) is 0 Å². The van der Waals surface area contributed by atoms with Crippen LogP contribution in [0.5, 0.6) is 0 Å². The molecule has 1 fully saturated rings. The number of nitrogens with zero attached hydrogens (tertiary/aromatic N) is 1. The van der Waals surface area contributed by atoms with Crippen molar-refractivity contribution >= 4 is 5.69 Å². The molecule has 0 spiro atoms. The van der Waals surface area contributed by atoms with Gasteiger partial charge in [-0.25, -0.2) is 0 Å². The van der Waals surface area contributed by atoms with E-state index in [1.807, 2.05) is 0 Å². The summed E-state index contributed by atoms with van der Waals surface area (Å²) >= 11 is 0. The first-order chi connectivity index (χ1) is 7.89. The minimum atomic E-state index is 0.275. The smallest absolute Gasteiger partial charge is 0.0428 e. The first kappa shape index (κ1) is 12.4. The van der Waals surface area contributed by atoms with E-state index in [0.717, 1.165) is 6.54 Å². The second-order valence-electron chi connectivity index (χ2n) is 6.02. The van der Waals surface area contributed by atoms with E-state index < -0.39 is 0 Å². The molecule has 1 N–H and O–H groups in total. The van der Waals surface area contributed by atoms with Crippen molar-refractivity contribution in [2.75, 3.05) is 18.5 Å². The molecule has 0 bridgehead atoms. The molecule has 0 aromatic heterocycles. The summed E-state index contributed by atoms with van der Waals surface area (Å²) in [5, 5.41) is 3.59. The molecule has 1 unspecified atom stereocenters. The summed E-state index contributed by atoms with van der Waals surface area (Å²) in [5.74, 6) is 0. The lowest BCUT2D eigenvalue weighted by molar-refractivity contribution is 0.454. The zero-order valence-corrected chi connectivity index (χ0v) is 11.7. The van der Waals surface area contributed by atoms with E-state index in [0.29, 0.717) is 6.04 Å². The van der Waals surface area contributed by atoms with E-state index in [4.69, 9.17) is 0 Å². The standard InChI is InChI=1S/C15H24N2/c1-11-6-7-14(12(2)8-11)17(5)13-9-15(3,4)16-10-13/h6-8,13,16H,9-10H2,1-5H3. The lowest BCUT2D eigenvalue weighted by Gasteiger charge is -2.28. The number of aryl methyl sites for hydroxylation is 2. The van der Waals surface area contributed by atoms with Crippen molar-refractivity contribution in [3.05, 3.63) is 29.3 Å². The Morgan fingerprint density at radius 3 is 2.53 bits per heavy atom.